The molecule has 4 rings (SSSR count). The highest BCUT2D eigenvalue weighted by molar-refractivity contribution is 9.10. The molecule has 154 valence electrons. The molecule has 5 nitrogen and oxygen atoms in total. The zero-order chi connectivity index (χ0) is 21.6. The first kappa shape index (κ1) is 20.9. The lowest BCUT2D eigenvalue weighted by Gasteiger charge is -2.06. The first-order valence-electron chi connectivity index (χ1n) is 8.73. The number of benzene rings is 2. The number of hydrogen-bond acceptors (Lipinski definition) is 3. The molecule has 4 aromatic rings. The lowest BCUT2D eigenvalue weighted by molar-refractivity contribution is 0.0691. The Morgan fingerprint density at radius 2 is 2.03 bits per heavy atom. The molecular weight excluding hydrogens is 500 g/mol. The van der Waals surface area contributed by atoms with Gasteiger partial charge in [-0.15, -0.1) is 0 Å². The number of hydrogen-bond donors (Lipinski definition) is 1. The molecule has 0 saturated heterocycles. The maximum atomic E-state index is 15.1. The maximum absolute atomic E-state index is 15.1. The molecule has 0 bridgehead atoms. The predicted octanol–water partition coefficient (Wildman–Crippen LogP) is 6.39. The Balaban J connectivity index is 1.96. The Morgan fingerprint density at radius 1 is 1.27 bits per heavy atom. The summed E-state index contributed by atoms with van der Waals surface area (Å²) in [6.07, 6.45) is 3.35. The predicted molar refractivity (Wildman–Crippen MR) is 115 cm³/mol. The summed E-state index contributed by atoms with van der Waals surface area (Å²) in [6, 6.07) is 7.21. The molecule has 10 heteroatoms. The third kappa shape index (κ3) is 3.40. The van der Waals surface area contributed by atoms with Crippen LogP contribution in [0.4, 0.5) is 8.78 Å². The van der Waals surface area contributed by atoms with E-state index in [4.69, 9.17) is 11.6 Å². The van der Waals surface area contributed by atoms with Gasteiger partial charge in [0.05, 0.1) is 32.9 Å². The number of aromatic nitrogens is 3. The Morgan fingerprint density at radius 3 is 2.70 bits per heavy atom. The number of halogens is 4. The van der Waals surface area contributed by atoms with Gasteiger partial charge in [-0.25, -0.2) is 13.6 Å². The van der Waals surface area contributed by atoms with Crippen molar-refractivity contribution in [3.8, 4) is 5.69 Å². The van der Waals surface area contributed by atoms with Gasteiger partial charge in [0, 0.05) is 23.0 Å². The van der Waals surface area contributed by atoms with Gasteiger partial charge in [0.25, 0.3) is 0 Å². The first-order valence-corrected chi connectivity index (χ1v) is 10.7. The van der Waals surface area contributed by atoms with Crippen molar-refractivity contribution in [3.05, 3.63) is 69.5 Å². The first-order chi connectivity index (χ1) is 14.3. The van der Waals surface area contributed by atoms with Crippen LogP contribution in [-0.4, -0.2) is 25.4 Å². The molecule has 2 aromatic heterocycles. The molecule has 0 saturated carbocycles. The van der Waals surface area contributed by atoms with Crippen molar-refractivity contribution in [3.63, 3.8) is 0 Å². The molecule has 0 radical (unpaired) electrons. The highest BCUT2D eigenvalue weighted by atomic mass is 79.9. The lowest BCUT2D eigenvalue weighted by Crippen LogP contribution is -2.01. The molecule has 1 N–H and O–H groups in total. The van der Waals surface area contributed by atoms with Gasteiger partial charge < -0.3 is 5.11 Å². The van der Waals surface area contributed by atoms with E-state index in [1.807, 2.05) is 6.92 Å². The van der Waals surface area contributed by atoms with Crippen LogP contribution in [0, 0.1) is 11.6 Å². The number of aromatic carboxylic acids is 1. The third-order valence-electron chi connectivity index (χ3n) is 4.53. The Hall–Kier alpha value is -2.36. The van der Waals surface area contributed by atoms with E-state index in [1.165, 1.54) is 24.3 Å². The van der Waals surface area contributed by atoms with Crippen LogP contribution in [0.2, 0.25) is 5.02 Å². The zero-order valence-corrected chi connectivity index (χ0v) is 18.5. The van der Waals surface area contributed by atoms with E-state index < -0.39 is 23.2 Å². The number of carboxylic acids is 1. The molecule has 0 atom stereocenters. The van der Waals surface area contributed by atoms with E-state index >= 15 is 4.39 Å². The van der Waals surface area contributed by atoms with Gasteiger partial charge >= 0.3 is 5.97 Å². The largest absolute Gasteiger partial charge is 0.478 e. The minimum absolute atomic E-state index is 0.0489. The molecule has 2 heterocycles. The summed E-state index contributed by atoms with van der Waals surface area (Å²) in [5, 5.41) is 13.9. The summed E-state index contributed by atoms with van der Waals surface area (Å²) < 4.78 is 33.6. The molecule has 0 unspecified atom stereocenters. The van der Waals surface area contributed by atoms with Crippen LogP contribution < -0.4 is 0 Å². The highest BCUT2D eigenvalue weighted by Gasteiger charge is 2.24. The van der Waals surface area contributed by atoms with Crippen LogP contribution in [0.3, 0.4) is 0 Å². The quantitative estimate of drug-likeness (QED) is 0.337. The summed E-state index contributed by atoms with van der Waals surface area (Å²) in [5.74, 6) is -2.83. The van der Waals surface area contributed by atoms with Gasteiger partial charge in [-0.2, -0.15) is 5.10 Å². The fraction of sp³-hybridized carbons (Fsp3) is 0.100. The monoisotopic (exact) mass is 511 g/mol. The third-order valence-corrected chi connectivity index (χ3v) is 6.99. The standard InChI is InChI=1S/C20H13BrClF2N3O2S/c1-2-26-9-10(8-25-26)27-17-12(6-7-13(22)16(17)24)18(19(27)21)30-14-5-3-4-11(15(14)23)20(28)29/h3-9H,2H2,1H3,(H,28,29). The molecular formula is C20H13BrClF2N3O2S. The lowest BCUT2D eigenvalue weighted by atomic mass is 10.2. The number of carboxylic acid groups (broad SMARTS) is 1. The van der Waals surface area contributed by atoms with E-state index in [2.05, 4.69) is 21.0 Å². The molecule has 0 amide bonds. The van der Waals surface area contributed by atoms with Crippen LogP contribution >= 0.6 is 39.3 Å². The van der Waals surface area contributed by atoms with Gasteiger partial charge in [0.15, 0.2) is 11.6 Å². The Kier molecular flexibility index (Phi) is 5.61. The molecule has 0 aliphatic carbocycles. The molecule has 0 spiro atoms. The highest BCUT2D eigenvalue weighted by Crippen LogP contribution is 2.45. The van der Waals surface area contributed by atoms with E-state index in [0.717, 1.165) is 11.8 Å². The number of fused-ring (bicyclic) bond motifs is 1. The average Bonchev–Trinajstić information content (AvgIpc) is 3.29. The molecule has 0 aliphatic rings. The van der Waals surface area contributed by atoms with Crippen molar-refractivity contribution in [1.82, 2.24) is 14.3 Å². The van der Waals surface area contributed by atoms with E-state index in [0.29, 0.717) is 27.1 Å². The summed E-state index contributed by atoms with van der Waals surface area (Å²) in [5.41, 5.74) is 0.377. The van der Waals surface area contributed by atoms with Crippen molar-refractivity contribution in [1.29, 1.82) is 0 Å². The molecule has 0 fully saturated rings. The number of rotatable bonds is 5. The van der Waals surface area contributed by atoms with Gasteiger partial charge in [0.2, 0.25) is 0 Å². The van der Waals surface area contributed by atoms with Crippen LogP contribution in [-0.2, 0) is 6.54 Å². The Labute approximate surface area is 187 Å². The van der Waals surface area contributed by atoms with Gasteiger partial charge in [0.1, 0.15) is 4.60 Å². The van der Waals surface area contributed by atoms with Crippen LogP contribution in [0.5, 0.6) is 0 Å². The molecule has 2 aromatic carbocycles. The normalized spacial score (nSPS) is 11.4. The second-order valence-corrected chi connectivity index (χ2v) is 8.50. The average molecular weight is 513 g/mol. The topological polar surface area (TPSA) is 60.0 Å². The van der Waals surface area contributed by atoms with Gasteiger partial charge in [-0.05, 0) is 47.1 Å². The smallest absolute Gasteiger partial charge is 0.338 e. The van der Waals surface area contributed by atoms with Crippen molar-refractivity contribution in [2.24, 2.45) is 0 Å². The fourth-order valence-electron chi connectivity index (χ4n) is 3.10. The number of nitrogens with zero attached hydrogens (tertiary/aromatic N) is 3. The van der Waals surface area contributed by atoms with E-state index in [1.54, 1.807) is 27.7 Å². The van der Waals surface area contributed by atoms with E-state index in [9.17, 15) is 14.3 Å². The summed E-state index contributed by atoms with van der Waals surface area (Å²) in [4.78, 5) is 11.9. The van der Waals surface area contributed by atoms with Crippen LogP contribution in [0.15, 0.2) is 57.1 Å². The molecule has 0 aliphatic heterocycles. The van der Waals surface area contributed by atoms with Gasteiger partial charge in [-0.3, -0.25) is 9.25 Å². The van der Waals surface area contributed by atoms with Crippen LogP contribution in [0.1, 0.15) is 17.3 Å². The number of carbonyl (C=O) groups is 1. The zero-order valence-electron chi connectivity index (χ0n) is 15.4. The van der Waals surface area contributed by atoms with Crippen molar-refractivity contribution < 1.29 is 18.7 Å². The van der Waals surface area contributed by atoms with Crippen molar-refractivity contribution >= 4 is 56.2 Å². The summed E-state index contributed by atoms with van der Waals surface area (Å²) in [7, 11) is 0. The van der Waals surface area contributed by atoms with E-state index in [-0.39, 0.29) is 15.4 Å². The fourth-order valence-corrected chi connectivity index (χ4v) is 5.11. The summed E-state index contributed by atoms with van der Waals surface area (Å²) >= 11 is 10.5. The van der Waals surface area contributed by atoms with Gasteiger partial charge in [-0.1, -0.05) is 29.4 Å². The van der Waals surface area contributed by atoms with Crippen LogP contribution in [0.25, 0.3) is 16.6 Å². The number of aryl methyl sites for hydroxylation is 1. The minimum Gasteiger partial charge on any atom is -0.478 e. The molecule has 30 heavy (non-hydrogen) atoms. The second-order valence-electron chi connectivity index (χ2n) is 6.29. The van der Waals surface area contributed by atoms with Crippen molar-refractivity contribution in [2.45, 2.75) is 23.3 Å². The minimum atomic E-state index is -1.36. The van der Waals surface area contributed by atoms with Crippen molar-refractivity contribution in [2.75, 3.05) is 0 Å². The SMILES string of the molecule is CCn1cc(-n2c(Br)c(Sc3cccc(C(=O)O)c3F)c3ccc(Cl)c(F)c32)cn1. The second kappa shape index (κ2) is 8.05. The maximum Gasteiger partial charge on any atom is 0.338 e. The summed E-state index contributed by atoms with van der Waals surface area (Å²) in [6.45, 7) is 2.56. The Bertz CT molecular complexity index is 1310.